The SMILES string of the molecule is Cc1cccc(N2CCN(c3cc(C(=O)O)c4cc(NC(=O)c5ccccc5F)ccc4n3)CC2)c1. The number of aryl methyl sites for hydroxylation is 1. The summed E-state index contributed by atoms with van der Waals surface area (Å²) in [4.78, 5) is 33.8. The molecule has 8 heteroatoms. The van der Waals surface area contributed by atoms with E-state index in [0.717, 1.165) is 13.1 Å². The molecule has 2 N–H and O–H groups in total. The van der Waals surface area contributed by atoms with Crippen LogP contribution in [0.25, 0.3) is 10.9 Å². The van der Waals surface area contributed by atoms with Crippen LogP contribution in [0.3, 0.4) is 0 Å². The molecule has 0 aliphatic carbocycles. The maximum absolute atomic E-state index is 14.0. The normalized spacial score (nSPS) is 13.6. The third-order valence-corrected chi connectivity index (χ3v) is 6.37. The number of aromatic carboxylic acids is 1. The summed E-state index contributed by atoms with van der Waals surface area (Å²) < 4.78 is 14.0. The lowest BCUT2D eigenvalue weighted by Gasteiger charge is -2.37. The van der Waals surface area contributed by atoms with Crippen LogP contribution >= 0.6 is 0 Å². The van der Waals surface area contributed by atoms with Crippen molar-refractivity contribution >= 4 is 40.0 Å². The molecule has 0 atom stereocenters. The van der Waals surface area contributed by atoms with Gasteiger partial charge in [-0.3, -0.25) is 4.79 Å². The summed E-state index contributed by atoms with van der Waals surface area (Å²) in [6.45, 7) is 5.09. The zero-order valence-electron chi connectivity index (χ0n) is 19.7. The van der Waals surface area contributed by atoms with Crippen molar-refractivity contribution in [3.63, 3.8) is 0 Å². The molecular weight excluding hydrogens is 459 g/mol. The van der Waals surface area contributed by atoms with Crippen LogP contribution in [-0.4, -0.2) is 48.1 Å². The number of carboxylic acids is 1. The van der Waals surface area contributed by atoms with Crippen LogP contribution in [0.15, 0.2) is 72.8 Å². The molecule has 3 aromatic carbocycles. The number of carbonyl (C=O) groups excluding carboxylic acids is 1. The fraction of sp³-hybridized carbons (Fsp3) is 0.179. The maximum Gasteiger partial charge on any atom is 0.336 e. The number of aromatic nitrogens is 1. The fourth-order valence-electron chi connectivity index (χ4n) is 4.49. The summed E-state index contributed by atoms with van der Waals surface area (Å²) in [5.41, 5.74) is 3.26. The van der Waals surface area contributed by atoms with Crippen molar-refractivity contribution in [1.29, 1.82) is 0 Å². The van der Waals surface area contributed by atoms with E-state index in [4.69, 9.17) is 4.98 Å². The Hall–Kier alpha value is -4.46. The third kappa shape index (κ3) is 4.70. The Balaban J connectivity index is 1.38. The Morgan fingerprint density at radius 3 is 2.36 bits per heavy atom. The van der Waals surface area contributed by atoms with Crippen molar-refractivity contribution in [1.82, 2.24) is 4.98 Å². The number of nitrogens with one attached hydrogen (secondary N) is 1. The largest absolute Gasteiger partial charge is 0.478 e. The van der Waals surface area contributed by atoms with Gasteiger partial charge in [0.15, 0.2) is 0 Å². The summed E-state index contributed by atoms with van der Waals surface area (Å²) in [5.74, 6) is -1.72. The van der Waals surface area contributed by atoms with Crippen LogP contribution in [0.4, 0.5) is 21.6 Å². The number of nitrogens with zero attached hydrogens (tertiary/aromatic N) is 3. The van der Waals surface area contributed by atoms with E-state index in [2.05, 4.69) is 40.2 Å². The molecule has 0 radical (unpaired) electrons. The van der Waals surface area contributed by atoms with Gasteiger partial charge in [-0.25, -0.2) is 14.2 Å². The Morgan fingerprint density at radius 2 is 1.64 bits per heavy atom. The number of halogens is 1. The second-order valence-corrected chi connectivity index (χ2v) is 8.81. The van der Waals surface area contributed by atoms with E-state index in [1.54, 1.807) is 30.3 Å². The lowest BCUT2D eigenvalue weighted by atomic mass is 10.1. The highest BCUT2D eigenvalue weighted by Gasteiger charge is 2.21. The van der Waals surface area contributed by atoms with Crippen molar-refractivity contribution < 1.29 is 19.1 Å². The van der Waals surface area contributed by atoms with Gasteiger partial charge >= 0.3 is 5.97 Å². The minimum Gasteiger partial charge on any atom is -0.478 e. The first-order valence-electron chi connectivity index (χ1n) is 11.7. The van der Waals surface area contributed by atoms with Gasteiger partial charge in [-0.15, -0.1) is 0 Å². The molecule has 1 aliphatic rings. The summed E-state index contributed by atoms with van der Waals surface area (Å²) in [6, 6.07) is 20.5. The van der Waals surface area contributed by atoms with Gasteiger partial charge in [0.1, 0.15) is 11.6 Å². The average molecular weight is 485 g/mol. The number of carboxylic acid groups (broad SMARTS) is 1. The molecule has 1 amide bonds. The zero-order valence-corrected chi connectivity index (χ0v) is 19.7. The van der Waals surface area contributed by atoms with Crippen LogP contribution in [-0.2, 0) is 0 Å². The van der Waals surface area contributed by atoms with Crippen LogP contribution < -0.4 is 15.1 Å². The number of hydrogen-bond donors (Lipinski definition) is 2. The number of amides is 1. The number of rotatable bonds is 5. The van der Waals surface area contributed by atoms with E-state index in [-0.39, 0.29) is 11.1 Å². The van der Waals surface area contributed by atoms with Crippen LogP contribution in [0.1, 0.15) is 26.3 Å². The monoisotopic (exact) mass is 484 g/mol. The Kier molecular flexibility index (Phi) is 6.25. The minimum atomic E-state index is -1.08. The molecule has 5 rings (SSSR count). The molecule has 0 unspecified atom stereocenters. The molecule has 0 spiro atoms. The first kappa shape index (κ1) is 23.3. The molecule has 1 fully saturated rings. The highest BCUT2D eigenvalue weighted by Crippen LogP contribution is 2.28. The maximum atomic E-state index is 14.0. The van der Waals surface area contributed by atoms with Crippen molar-refractivity contribution in [3.05, 3.63) is 95.3 Å². The molecule has 0 bridgehead atoms. The summed E-state index contributed by atoms with van der Waals surface area (Å²) in [5, 5.41) is 13.0. The molecule has 4 aromatic rings. The second-order valence-electron chi connectivity index (χ2n) is 8.81. The van der Waals surface area contributed by atoms with Gasteiger partial charge in [-0.05, 0) is 61.0 Å². The molecule has 1 saturated heterocycles. The predicted molar refractivity (Wildman–Crippen MR) is 139 cm³/mol. The smallest absolute Gasteiger partial charge is 0.336 e. The lowest BCUT2D eigenvalue weighted by Crippen LogP contribution is -2.46. The second kappa shape index (κ2) is 9.65. The highest BCUT2D eigenvalue weighted by molar-refractivity contribution is 6.08. The van der Waals surface area contributed by atoms with Crippen LogP contribution in [0, 0.1) is 12.7 Å². The topological polar surface area (TPSA) is 85.8 Å². The van der Waals surface area contributed by atoms with Crippen molar-refractivity contribution in [2.45, 2.75) is 6.92 Å². The first-order valence-corrected chi connectivity index (χ1v) is 11.7. The number of fused-ring (bicyclic) bond motifs is 1. The predicted octanol–water partition coefficient (Wildman–Crippen LogP) is 4.96. The average Bonchev–Trinajstić information content (AvgIpc) is 2.88. The van der Waals surface area contributed by atoms with Gasteiger partial charge in [0, 0.05) is 42.9 Å². The van der Waals surface area contributed by atoms with Gasteiger partial charge < -0.3 is 20.2 Å². The number of pyridine rings is 1. The quantitative estimate of drug-likeness (QED) is 0.417. The molecular formula is C28H25FN4O3. The van der Waals surface area contributed by atoms with Crippen LogP contribution in [0.5, 0.6) is 0 Å². The first-order chi connectivity index (χ1) is 17.4. The highest BCUT2D eigenvalue weighted by atomic mass is 19.1. The fourth-order valence-corrected chi connectivity index (χ4v) is 4.49. The molecule has 36 heavy (non-hydrogen) atoms. The number of piperazine rings is 1. The van der Waals surface area contributed by atoms with E-state index in [0.29, 0.717) is 35.5 Å². The Bertz CT molecular complexity index is 1460. The summed E-state index contributed by atoms with van der Waals surface area (Å²) >= 11 is 0. The molecule has 1 aromatic heterocycles. The standard InChI is InChI=1S/C28H25FN4O3/c1-18-5-4-6-20(15-18)32-11-13-33(14-12-32)26-17-23(28(35)36)22-16-19(9-10-25(22)31-26)30-27(34)21-7-2-3-8-24(21)29/h2-10,15-17H,11-14H2,1H3,(H,30,34)(H,35,36). The van der Waals surface area contributed by atoms with Crippen LogP contribution in [0.2, 0.25) is 0 Å². The van der Waals surface area contributed by atoms with Gasteiger partial charge in [0.2, 0.25) is 0 Å². The van der Waals surface area contributed by atoms with E-state index < -0.39 is 17.7 Å². The Morgan fingerprint density at radius 1 is 0.889 bits per heavy atom. The van der Waals surface area contributed by atoms with Crippen molar-refractivity contribution in [2.24, 2.45) is 0 Å². The van der Waals surface area contributed by atoms with Crippen molar-refractivity contribution in [3.8, 4) is 0 Å². The molecule has 0 saturated carbocycles. The van der Waals surface area contributed by atoms with Gasteiger partial charge in [-0.1, -0.05) is 24.3 Å². The zero-order chi connectivity index (χ0) is 25.2. The summed E-state index contributed by atoms with van der Waals surface area (Å²) in [7, 11) is 0. The minimum absolute atomic E-state index is 0.0886. The van der Waals surface area contributed by atoms with E-state index in [9.17, 15) is 19.1 Å². The number of hydrogen-bond acceptors (Lipinski definition) is 5. The molecule has 1 aliphatic heterocycles. The molecule has 182 valence electrons. The Labute approximate surface area is 207 Å². The number of carbonyl (C=O) groups is 2. The van der Waals surface area contributed by atoms with E-state index in [1.165, 1.54) is 29.4 Å². The van der Waals surface area contributed by atoms with Gasteiger partial charge in [0.05, 0.1) is 16.6 Å². The number of anilines is 3. The van der Waals surface area contributed by atoms with E-state index in [1.807, 2.05) is 6.07 Å². The van der Waals surface area contributed by atoms with E-state index >= 15 is 0 Å². The third-order valence-electron chi connectivity index (χ3n) is 6.37. The van der Waals surface area contributed by atoms with Crippen molar-refractivity contribution in [2.75, 3.05) is 41.3 Å². The van der Waals surface area contributed by atoms with Gasteiger partial charge in [-0.2, -0.15) is 0 Å². The molecule has 7 nitrogen and oxygen atoms in total. The van der Waals surface area contributed by atoms with Gasteiger partial charge in [0.25, 0.3) is 5.91 Å². The lowest BCUT2D eigenvalue weighted by molar-refractivity contribution is 0.0698. The summed E-state index contributed by atoms with van der Waals surface area (Å²) in [6.07, 6.45) is 0. The number of benzene rings is 3. The molecule has 2 heterocycles.